The Hall–Kier alpha value is -3.70. The van der Waals surface area contributed by atoms with Crippen molar-refractivity contribution >= 4 is 23.3 Å². The predicted molar refractivity (Wildman–Crippen MR) is 84.1 cm³/mol. The van der Waals surface area contributed by atoms with E-state index in [2.05, 4.69) is 5.10 Å². The Balaban J connectivity index is 2.48. The first kappa shape index (κ1) is 18.6. The van der Waals surface area contributed by atoms with Crippen molar-refractivity contribution in [2.45, 2.75) is 6.18 Å². The number of phenolic OH excluding ortho intramolecular Hbond substituents is 1. The number of hydrogen-bond acceptors (Lipinski definition) is 7. The maximum absolute atomic E-state index is 12.8. The second-order valence-corrected chi connectivity index (χ2v) is 4.87. The number of halogens is 3. The minimum atomic E-state index is -5.00. The second-order valence-electron chi connectivity index (χ2n) is 4.87. The van der Waals surface area contributed by atoms with Crippen LogP contribution < -0.4 is 5.43 Å². The molecule has 0 aliphatic rings. The normalized spacial score (nSPS) is 11.5. The maximum atomic E-state index is 12.8. The van der Waals surface area contributed by atoms with E-state index in [4.69, 9.17) is 0 Å². The molecule has 2 N–H and O–H groups in total. The van der Waals surface area contributed by atoms with Gasteiger partial charge in [-0.05, 0) is 17.7 Å². The van der Waals surface area contributed by atoms with Gasteiger partial charge in [-0.15, -0.1) is 0 Å². The third-order valence-corrected chi connectivity index (χ3v) is 3.08. The van der Waals surface area contributed by atoms with E-state index in [-0.39, 0.29) is 17.9 Å². The molecule has 0 unspecified atom stereocenters. The van der Waals surface area contributed by atoms with Gasteiger partial charge in [0.15, 0.2) is 0 Å². The molecule has 0 bridgehead atoms. The number of hydrazone groups is 1. The van der Waals surface area contributed by atoms with E-state index in [1.807, 2.05) is 5.43 Å². The van der Waals surface area contributed by atoms with Gasteiger partial charge in [0.2, 0.25) is 5.69 Å². The Morgan fingerprint density at radius 3 is 2.12 bits per heavy atom. The Morgan fingerprint density at radius 2 is 1.65 bits per heavy atom. The van der Waals surface area contributed by atoms with Crippen LogP contribution in [0.25, 0.3) is 0 Å². The SMILES string of the molecule is O=[N+]([O-])c1cc(C(F)(F)F)cc([N+](=O)[O-])c1N/N=C\c1cccc(O)c1. The third-order valence-electron chi connectivity index (χ3n) is 3.08. The zero-order chi connectivity index (χ0) is 19.5. The average Bonchev–Trinajstić information content (AvgIpc) is 2.53. The molecular formula is C14H9F3N4O5. The van der Waals surface area contributed by atoms with Crippen LogP contribution in [0.15, 0.2) is 41.5 Å². The molecule has 0 amide bonds. The van der Waals surface area contributed by atoms with E-state index in [0.717, 1.165) is 6.21 Å². The van der Waals surface area contributed by atoms with Gasteiger partial charge in [0.25, 0.3) is 0 Å². The van der Waals surface area contributed by atoms with Crippen LogP contribution in [0, 0.1) is 20.2 Å². The predicted octanol–water partition coefficient (Wildman–Crippen LogP) is 3.67. The van der Waals surface area contributed by atoms with Crippen molar-refractivity contribution in [3.05, 3.63) is 67.8 Å². The minimum absolute atomic E-state index is 0.0968. The van der Waals surface area contributed by atoms with Gasteiger partial charge in [-0.2, -0.15) is 18.3 Å². The van der Waals surface area contributed by atoms with Crippen LogP contribution in [0.3, 0.4) is 0 Å². The number of hydrogen-bond donors (Lipinski definition) is 2. The molecule has 2 aromatic rings. The lowest BCUT2D eigenvalue weighted by atomic mass is 10.1. The van der Waals surface area contributed by atoms with Crippen LogP contribution in [0.1, 0.15) is 11.1 Å². The highest BCUT2D eigenvalue weighted by Crippen LogP contribution is 2.41. The average molecular weight is 370 g/mol. The standard InChI is InChI=1S/C14H9F3N4O5/c15-14(16,17)9-5-11(20(23)24)13(12(6-9)21(25)26)19-18-7-8-2-1-3-10(22)4-8/h1-7,19,22H/b18-7-. The number of phenols is 1. The zero-order valence-corrected chi connectivity index (χ0v) is 12.6. The Morgan fingerprint density at radius 1 is 1.08 bits per heavy atom. The number of alkyl halides is 3. The van der Waals surface area contributed by atoms with Crippen molar-refractivity contribution in [3.63, 3.8) is 0 Å². The first-order valence-electron chi connectivity index (χ1n) is 6.71. The highest BCUT2D eigenvalue weighted by atomic mass is 19.4. The summed E-state index contributed by atoms with van der Waals surface area (Å²) in [5.74, 6) is -0.0968. The van der Waals surface area contributed by atoms with Crippen LogP contribution in [-0.2, 0) is 6.18 Å². The van der Waals surface area contributed by atoms with Crippen molar-refractivity contribution in [2.75, 3.05) is 5.43 Å². The largest absolute Gasteiger partial charge is 0.508 e. The molecule has 0 aromatic heterocycles. The zero-order valence-electron chi connectivity index (χ0n) is 12.6. The quantitative estimate of drug-likeness (QED) is 0.469. The Labute approximate surface area is 142 Å². The van der Waals surface area contributed by atoms with Gasteiger partial charge in [-0.3, -0.25) is 25.7 Å². The molecule has 0 saturated heterocycles. The van der Waals surface area contributed by atoms with Crippen LogP contribution in [0.2, 0.25) is 0 Å². The second kappa shape index (κ2) is 7.04. The van der Waals surface area contributed by atoms with Gasteiger partial charge in [0.05, 0.1) is 21.6 Å². The summed E-state index contributed by atoms with van der Waals surface area (Å²) in [5, 5.41) is 34.9. The van der Waals surface area contributed by atoms with Crippen molar-refractivity contribution < 1.29 is 28.1 Å². The number of nitrogens with zero attached hydrogens (tertiary/aromatic N) is 3. The fourth-order valence-electron chi connectivity index (χ4n) is 1.95. The van der Waals surface area contributed by atoms with Crippen LogP contribution in [0.5, 0.6) is 5.75 Å². The van der Waals surface area contributed by atoms with Crippen LogP contribution in [-0.4, -0.2) is 21.2 Å². The van der Waals surface area contributed by atoms with Gasteiger partial charge < -0.3 is 5.11 Å². The molecule has 0 fully saturated rings. The molecular weight excluding hydrogens is 361 g/mol. The monoisotopic (exact) mass is 370 g/mol. The smallest absolute Gasteiger partial charge is 0.416 e. The van der Waals surface area contributed by atoms with Gasteiger partial charge in [0.1, 0.15) is 5.75 Å². The molecule has 0 heterocycles. The fourth-order valence-corrected chi connectivity index (χ4v) is 1.95. The molecule has 0 aliphatic heterocycles. The molecule has 2 aromatic carbocycles. The van der Waals surface area contributed by atoms with Crippen LogP contribution in [0.4, 0.5) is 30.2 Å². The molecule has 0 aliphatic carbocycles. The molecule has 0 spiro atoms. The Bertz CT molecular complexity index is 863. The lowest BCUT2D eigenvalue weighted by Crippen LogP contribution is -2.09. The van der Waals surface area contributed by atoms with E-state index in [1.165, 1.54) is 24.3 Å². The minimum Gasteiger partial charge on any atom is -0.508 e. The topological polar surface area (TPSA) is 131 Å². The fraction of sp³-hybridized carbons (Fsp3) is 0.0714. The number of nitrogens with one attached hydrogen (secondary N) is 1. The summed E-state index contributed by atoms with van der Waals surface area (Å²) in [7, 11) is 0. The summed E-state index contributed by atoms with van der Waals surface area (Å²) in [6, 6.07) is 5.98. The molecule has 136 valence electrons. The van der Waals surface area contributed by atoms with E-state index < -0.39 is 38.6 Å². The molecule has 9 nitrogen and oxygen atoms in total. The highest BCUT2D eigenvalue weighted by Gasteiger charge is 2.37. The number of nitro benzene ring substituents is 2. The molecule has 0 atom stereocenters. The lowest BCUT2D eigenvalue weighted by Gasteiger charge is -2.09. The Kier molecular flexibility index (Phi) is 5.05. The number of aromatic hydroxyl groups is 1. The van der Waals surface area contributed by atoms with Gasteiger partial charge in [0, 0.05) is 12.1 Å². The van der Waals surface area contributed by atoms with Crippen molar-refractivity contribution in [2.24, 2.45) is 5.10 Å². The number of anilines is 1. The number of nitro groups is 2. The van der Waals surface area contributed by atoms with E-state index in [9.17, 15) is 38.5 Å². The molecule has 2 rings (SSSR count). The van der Waals surface area contributed by atoms with E-state index in [1.54, 1.807) is 0 Å². The van der Waals surface area contributed by atoms with Crippen LogP contribution >= 0.6 is 0 Å². The summed E-state index contributed by atoms with van der Waals surface area (Å²) in [6.45, 7) is 0. The lowest BCUT2D eigenvalue weighted by molar-refractivity contribution is -0.392. The van der Waals surface area contributed by atoms with Gasteiger partial charge >= 0.3 is 17.6 Å². The maximum Gasteiger partial charge on any atom is 0.416 e. The number of benzene rings is 2. The van der Waals surface area contributed by atoms with Gasteiger partial charge in [-0.25, -0.2) is 0 Å². The van der Waals surface area contributed by atoms with Crippen molar-refractivity contribution in [1.82, 2.24) is 0 Å². The number of rotatable bonds is 5. The molecule has 26 heavy (non-hydrogen) atoms. The highest BCUT2D eigenvalue weighted by molar-refractivity contribution is 5.82. The first-order valence-corrected chi connectivity index (χ1v) is 6.71. The molecule has 0 radical (unpaired) electrons. The summed E-state index contributed by atoms with van der Waals surface area (Å²) < 4.78 is 38.4. The van der Waals surface area contributed by atoms with Crippen molar-refractivity contribution in [3.8, 4) is 5.75 Å². The first-order chi connectivity index (χ1) is 12.1. The summed E-state index contributed by atoms with van der Waals surface area (Å²) >= 11 is 0. The summed E-state index contributed by atoms with van der Waals surface area (Å²) in [6.07, 6.45) is -3.93. The molecule has 0 saturated carbocycles. The van der Waals surface area contributed by atoms with Crippen molar-refractivity contribution in [1.29, 1.82) is 0 Å². The summed E-state index contributed by atoms with van der Waals surface area (Å²) in [5.41, 5.74) is -2.27. The van der Waals surface area contributed by atoms with E-state index >= 15 is 0 Å². The third kappa shape index (κ3) is 4.23. The van der Waals surface area contributed by atoms with E-state index in [0.29, 0.717) is 5.56 Å². The molecule has 12 heteroatoms. The summed E-state index contributed by atoms with van der Waals surface area (Å²) in [4.78, 5) is 19.7. The van der Waals surface area contributed by atoms with Gasteiger partial charge in [-0.1, -0.05) is 12.1 Å².